The average Bonchev–Trinajstić information content (AvgIpc) is 2.68. The van der Waals surface area contributed by atoms with Crippen LogP contribution in [0.2, 0.25) is 0 Å². The number of benzene rings is 2. The van der Waals surface area contributed by atoms with E-state index >= 15 is 0 Å². The van der Waals surface area contributed by atoms with Gasteiger partial charge in [-0.05, 0) is 48.7 Å². The van der Waals surface area contributed by atoms with Crippen molar-refractivity contribution in [2.24, 2.45) is 4.99 Å². The molecule has 0 spiro atoms. The normalized spacial score (nSPS) is 12.1. The number of ether oxygens (including phenoxy) is 2. The van der Waals surface area contributed by atoms with Crippen molar-refractivity contribution < 1.29 is 13.9 Å². The van der Waals surface area contributed by atoms with E-state index in [2.05, 4.69) is 15.6 Å². The van der Waals surface area contributed by atoms with Crippen molar-refractivity contribution in [2.45, 2.75) is 26.4 Å². The van der Waals surface area contributed by atoms with Gasteiger partial charge in [-0.25, -0.2) is 4.39 Å². The fourth-order valence-corrected chi connectivity index (χ4v) is 2.49. The van der Waals surface area contributed by atoms with Gasteiger partial charge in [0.25, 0.3) is 0 Å². The van der Waals surface area contributed by atoms with Crippen molar-refractivity contribution >= 4 is 29.9 Å². The maximum absolute atomic E-state index is 13.8. The van der Waals surface area contributed by atoms with E-state index in [4.69, 9.17) is 9.47 Å². The first-order valence-corrected chi connectivity index (χ1v) is 8.97. The zero-order valence-electron chi connectivity index (χ0n) is 16.8. The number of guanidine groups is 1. The molecule has 2 rings (SSSR count). The number of hydrogen-bond donors (Lipinski definition) is 2. The Hall–Kier alpha value is -1.87. The summed E-state index contributed by atoms with van der Waals surface area (Å²) in [6, 6.07) is 13.1. The highest BCUT2D eigenvalue weighted by molar-refractivity contribution is 14.0. The molecule has 0 aromatic heterocycles. The third-order valence-corrected chi connectivity index (χ3v) is 4.21. The van der Waals surface area contributed by atoms with Crippen LogP contribution in [0.3, 0.4) is 0 Å². The zero-order valence-corrected chi connectivity index (χ0v) is 19.1. The van der Waals surface area contributed by atoms with Crippen LogP contribution < -0.4 is 15.4 Å². The van der Waals surface area contributed by atoms with Gasteiger partial charge in [-0.2, -0.15) is 0 Å². The summed E-state index contributed by atoms with van der Waals surface area (Å²) in [6.45, 7) is 5.44. The Labute approximate surface area is 183 Å². The number of nitrogens with zero attached hydrogens (tertiary/aromatic N) is 1. The van der Waals surface area contributed by atoms with E-state index in [1.165, 1.54) is 0 Å². The van der Waals surface area contributed by atoms with Crippen molar-refractivity contribution in [3.8, 4) is 5.75 Å². The number of halogens is 2. The van der Waals surface area contributed by atoms with Crippen LogP contribution in [0.1, 0.15) is 29.7 Å². The summed E-state index contributed by atoms with van der Waals surface area (Å²) in [5.74, 6) is 1.27. The second-order valence-corrected chi connectivity index (χ2v) is 6.29. The molecule has 5 nitrogen and oxygen atoms in total. The standard InChI is InChI=1S/C21H28FN3O2.HI/c1-15-5-8-18(13-20(15)22)16(2)25-21(23-3)24-14-17-6-9-19(10-7-17)27-12-11-26-4;/h5-10,13,16H,11-12,14H2,1-4H3,(H2,23,24,25);1H. The number of hydrogen-bond acceptors (Lipinski definition) is 3. The van der Waals surface area contributed by atoms with E-state index in [1.807, 2.05) is 37.3 Å². The lowest BCUT2D eigenvalue weighted by Gasteiger charge is -2.19. The first-order valence-electron chi connectivity index (χ1n) is 8.97. The second-order valence-electron chi connectivity index (χ2n) is 6.29. The van der Waals surface area contributed by atoms with Crippen LogP contribution in [-0.2, 0) is 11.3 Å². The molecule has 2 N–H and O–H groups in total. The molecule has 0 radical (unpaired) electrons. The minimum Gasteiger partial charge on any atom is -0.491 e. The molecule has 1 atom stereocenters. The Morgan fingerprint density at radius 2 is 1.86 bits per heavy atom. The summed E-state index contributed by atoms with van der Waals surface area (Å²) >= 11 is 0. The summed E-state index contributed by atoms with van der Waals surface area (Å²) in [5.41, 5.74) is 2.62. The predicted octanol–water partition coefficient (Wildman–Crippen LogP) is 4.20. The Kier molecular flexibility index (Phi) is 10.8. The first-order chi connectivity index (χ1) is 13.0. The van der Waals surface area contributed by atoms with E-state index in [-0.39, 0.29) is 35.8 Å². The van der Waals surface area contributed by atoms with E-state index in [1.54, 1.807) is 33.2 Å². The van der Waals surface area contributed by atoms with Gasteiger partial charge in [0, 0.05) is 20.7 Å². The lowest BCUT2D eigenvalue weighted by Crippen LogP contribution is -2.38. The summed E-state index contributed by atoms with van der Waals surface area (Å²) in [4.78, 5) is 4.24. The SMILES string of the molecule is CN=C(NCc1ccc(OCCOC)cc1)NC(C)c1ccc(C)c(F)c1.I. The van der Waals surface area contributed by atoms with Crippen LogP contribution in [0.15, 0.2) is 47.5 Å². The maximum atomic E-state index is 13.8. The largest absolute Gasteiger partial charge is 0.491 e. The van der Waals surface area contributed by atoms with Gasteiger partial charge in [-0.3, -0.25) is 4.99 Å². The monoisotopic (exact) mass is 501 g/mol. The molecule has 0 heterocycles. The van der Waals surface area contributed by atoms with Gasteiger partial charge < -0.3 is 20.1 Å². The Morgan fingerprint density at radius 1 is 1.14 bits per heavy atom. The Morgan fingerprint density at radius 3 is 2.46 bits per heavy atom. The number of aliphatic imine (C=N–C) groups is 1. The second kappa shape index (κ2) is 12.6. The molecular formula is C21H29FIN3O2. The van der Waals surface area contributed by atoms with Crippen LogP contribution in [0.25, 0.3) is 0 Å². The van der Waals surface area contributed by atoms with Crippen LogP contribution in [-0.4, -0.2) is 33.3 Å². The van der Waals surface area contributed by atoms with Gasteiger partial charge in [0.05, 0.1) is 12.6 Å². The van der Waals surface area contributed by atoms with Crippen LogP contribution >= 0.6 is 24.0 Å². The number of aryl methyl sites for hydroxylation is 1. The lowest BCUT2D eigenvalue weighted by molar-refractivity contribution is 0.146. The van der Waals surface area contributed by atoms with Crippen molar-refractivity contribution in [1.82, 2.24) is 10.6 Å². The van der Waals surface area contributed by atoms with Gasteiger partial charge in [-0.15, -0.1) is 24.0 Å². The summed E-state index contributed by atoms with van der Waals surface area (Å²) in [5, 5.41) is 6.55. The Bertz CT molecular complexity index is 754. The van der Waals surface area contributed by atoms with E-state index in [0.29, 0.717) is 31.3 Å². The predicted molar refractivity (Wildman–Crippen MR) is 122 cm³/mol. The zero-order chi connectivity index (χ0) is 19.6. The summed E-state index contributed by atoms with van der Waals surface area (Å²) in [6.07, 6.45) is 0. The van der Waals surface area contributed by atoms with E-state index in [9.17, 15) is 4.39 Å². The lowest BCUT2D eigenvalue weighted by atomic mass is 10.1. The van der Waals surface area contributed by atoms with Gasteiger partial charge >= 0.3 is 0 Å². The fraction of sp³-hybridized carbons (Fsp3) is 0.381. The maximum Gasteiger partial charge on any atom is 0.191 e. The van der Waals surface area contributed by atoms with Crippen molar-refractivity contribution in [1.29, 1.82) is 0 Å². The first kappa shape index (κ1) is 24.2. The van der Waals surface area contributed by atoms with Gasteiger partial charge in [-0.1, -0.05) is 24.3 Å². The number of methoxy groups -OCH3 is 1. The van der Waals surface area contributed by atoms with E-state index in [0.717, 1.165) is 16.9 Å². The molecule has 1 unspecified atom stereocenters. The third kappa shape index (κ3) is 7.63. The molecule has 0 saturated heterocycles. The van der Waals surface area contributed by atoms with Crippen LogP contribution in [0, 0.1) is 12.7 Å². The number of nitrogens with one attached hydrogen (secondary N) is 2. The highest BCUT2D eigenvalue weighted by atomic mass is 127. The minimum absolute atomic E-state index is 0. The van der Waals surface area contributed by atoms with E-state index < -0.39 is 0 Å². The molecule has 2 aromatic rings. The molecule has 0 aliphatic heterocycles. The van der Waals surface area contributed by atoms with Crippen LogP contribution in [0.5, 0.6) is 5.75 Å². The molecule has 2 aromatic carbocycles. The molecule has 7 heteroatoms. The van der Waals surface area contributed by atoms with Gasteiger partial charge in [0.1, 0.15) is 18.2 Å². The molecule has 0 aliphatic rings. The topological polar surface area (TPSA) is 54.9 Å². The quantitative estimate of drug-likeness (QED) is 0.247. The average molecular weight is 501 g/mol. The van der Waals surface area contributed by atoms with Crippen molar-refractivity contribution in [3.63, 3.8) is 0 Å². The summed E-state index contributed by atoms with van der Waals surface area (Å²) in [7, 11) is 3.36. The highest BCUT2D eigenvalue weighted by Gasteiger charge is 2.09. The molecular weight excluding hydrogens is 472 g/mol. The fourth-order valence-electron chi connectivity index (χ4n) is 2.49. The number of rotatable bonds is 8. The molecule has 28 heavy (non-hydrogen) atoms. The molecule has 154 valence electrons. The molecule has 0 bridgehead atoms. The molecule has 0 fully saturated rings. The van der Waals surface area contributed by atoms with Crippen molar-refractivity contribution in [2.75, 3.05) is 27.4 Å². The van der Waals surface area contributed by atoms with Gasteiger partial charge in [0.15, 0.2) is 5.96 Å². The minimum atomic E-state index is -0.197. The molecule has 0 amide bonds. The molecule has 0 saturated carbocycles. The Balaban J connectivity index is 0.00000392. The van der Waals surface area contributed by atoms with Gasteiger partial charge in [0.2, 0.25) is 0 Å². The third-order valence-electron chi connectivity index (χ3n) is 4.21. The highest BCUT2D eigenvalue weighted by Crippen LogP contribution is 2.16. The van der Waals surface area contributed by atoms with Crippen molar-refractivity contribution in [3.05, 3.63) is 65.0 Å². The summed E-state index contributed by atoms with van der Waals surface area (Å²) < 4.78 is 24.3. The van der Waals surface area contributed by atoms with Crippen LogP contribution in [0.4, 0.5) is 4.39 Å². The smallest absolute Gasteiger partial charge is 0.191 e. The molecule has 0 aliphatic carbocycles.